The van der Waals surface area contributed by atoms with Crippen molar-refractivity contribution in [3.8, 4) is 0 Å². The summed E-state index contributed by atoms with van der Waals surface area (Å²) in [4.78, 5) is 20.9. The van der Waals surface area contributed by atoms with Crippen molar-refractivity contribution < 1.29 is 13.6 Å². The molecule has 6 nitrogen and oxygen atoms in total. The number of nitrogens with one attached hydrogen (secondary N) is 1. The van der Waals surface area contributed by atoms with Gasteiger partial charge in [0.25, 0.3) is 5.91 Å². The molecule has 0 aliphatic carbocycles. The van der Waals surface area contributed by atoms with Crippen molar-refractivity contribution in [2.24, 2.45) is 4.99 Å². The lowest BCUT2D eigenvalue weighted by atomic mass is 10.1. The second-order valence-electron chi connectivity index (χ2n) is 6.44. The van der Waals surface area contributed by atoms with E-state index >= 15 is 0 Å². The molecular weight excluding hydrogens is 510 g/mol. The van der Waals surface area contributed by atoms with Crippen molar-refractivity contribution in [2.75, 3.05) is 39.3 Å². The van der Waals surface area contributed by atoms with Gasteiger partial charge >= 0.3 is 0 Å². The Bertz CT molecular complexity index is 804. The third-order valence-electron chi connectivity index (χ3n) is 4.62. The molecular formula is C20H25ClFIN4O2. The number of halogens is 3. The molecule has 1 fully saturated rings. The number of hydrogen-bond donors (Lipinski definition) is 1. The molecule has 0 atom stereocenters. The number of furan rings is 1. The maximum atomic E-state index is 13.9. The number of rotatable bonds is 5. The lowest BCUT2D eigenvalue weighted by Gasteiger charge is -2.36. The highest BCUT2D eigenvalue weighted by molar-refractivity contribution is 14.0. The van der Waals surface area contributed by atoms with Gasteiger partial charge in [-0.25, -0.2) is 4.39 Å². The smallest absolute Gasteiger partial charge is 0.289 e. The monoisotopic (exact) mass is 534 g/mol. The first-order valence-corrected chi connectivity index (χ1v) is 9.77. The van der Waals surface area contributed by atoms with Gasteiger partial charge < -0.3 is 19.5 Å². The standard InChI is InChI=1S/C20H24ClFN4O2.HI/c1-2-23-20(24-9-8-15-16(21)5-3-6-17(15)22)26-12-10-25(11-13-26)19(27)18-7-4-14-28-18;/h3-7,14H,2,8-13H2,1H3,(H,23,24);1H. The molecule has 3 rings (SSSR count). The molecule has 2 heterocycles. The quantitative estimate of drug-likeness (QED) is 0.361. The van der Waals surface area contributed by atoms with E-state index in [4.69, 9.17) is 16.0 Å². The zero-order valence-electron chi connectivity index (χ0n) is 16.2. The first kappa shape index (κ1) is 23.5. The Morgan fingerprint density at radius 2 is 1.93 bits per heavy atom. The fourth-order valence-corrected chi connectivity index (χ4v) is 3.41. The van der Waals surface area contributed by atoms with E-state index < -0.39 is 0 Å². The van der Waals surface area contributed by atoms with E-state index in [-0.39, 0.29) is 35.7 Å². The van der Waals surface area contributed by atoms with Crippen molar-refractivity contribution >= 4 is 47.4 Å². The van der Waals surface area contributed by atoms with Crippen molar-refractivity contribution in [2.45, 2.75) is 13.3 Å². The molecule has 0 bridgehead atoms. The SMILES string of the molecule is CCNC(=NCCc1c(F)cccc1Cl)N1CCN(C(=O)c2ccco2)CC1.I. The predicted octanol–water partition coefficient (Wildman–Crippen LogP) is 3.66. The summed E-state index contributed by atoms with van der Waals surface area (Å²) in [6.07, 6.45) is 1.93. The van der Waals surface area contributed by atoms with E-state index in [1.165, 1.54) is 12.3 Å². The maximum Gasteiger partial charge on any atom is 0.289 e. The Morgan fingerprint density at radius 1 is 1.21 bits per heavy atom. The van der Waals surface area contributed by atoms with Gasteiger partial charge in [0, 0.05) is 49.9 Å². The maximum absolute atomic E-state index is 13.9. The average molecular weight is 535 g/mol. The summed E-state index contributed by atoms with van der Waals surface area (Å²) < 4.78 is 19.1. The topological polar surface area (TPSA) is 61.1 Å². The molecule has 1 aliphatic rings. The summed E-state index contributed by atoms with van der Waals surface area (Å²) >= 11 is 6.08. The minimum Gasteiger partial charge on any atom is -0.459 e. The van der Waals surface area contributed by atoms with Gasteiger partial charge in [-0.05, 0) is 37.6 Å². The Balaban J connectivity index is 0.00000300. The number of piperazine rings is 1. The Labute approximate surface area is 192 Å². The van der Waals surface area contributed by atoms with Gasteiger partial charge in [-0.1, -0.05) is 17.7 Å². The summed E-state index contributed by atoms with van der Waals surface area (Å²) in [6, 6.07) is 8.07. The molecule has 1 aliphatic heterocycles. The largest absolute Gasteiger partial charge is 0.459 e. The van der Waals surface area contributed by atoms with Crippen LogP contribution in [0.3, 0.4) is 0 Å². The molecule has 9 heteroatoms. The lowest BCUT2D eigenvalue weighted by molar-refractivity contribution is 0.0657. The van der Waals surface area contributed by atoms with E-state index in [2.05, 4.69) is 15.2 Å². The van der Waals surface area contributed by atoms with Crippen LogP contribution in [0.1, 0.15) is 23.0 Å². The summed E-state index contributed by atoms with van der Waals surface area (Å²) in [7, 11) is 0. The fraction of sp³-hybridized carbons (Fsp3) is 0.400. The van der Waals surface area contributed by atoms with Crippen LogP contribution in [0.4, 0.5) is 4.39 Å². The Morgan fingerprint density at radius 3 is 2.55 bits per heavy atom. The van der Waals surface area contributed by atoms with Crippen molar-refractivity contribution in [1.82, 2.24) is 15.1 Å². The van der Waals surface area contributed by atoms with Crippen molar-refractivity contribution in [3.63, 3.8) is 0 Å². The zero-order valence-corrected chi connectivity index (χ0v) is 19.3. The zero-order chi connectivity index (χ0) is 19.9. The minimum atomic E-state index is -0.308. The third kappa shape index (κ3) is 6.08. The number of guanidine groups is 1. The van der Waals surface area contributed by atoms with Gasteiger partial charge in [0.15, 0.2) is 11.7 Å². The highest BCUT2D eigenvalue weighted by atomic mass is 127. The molecule has 1 saturated heterocycles. The van der Waals surface area contributed by atoms with Crippen molar-refractivity contribution in [1.29, 1.82) is 0 Å². The summed E-state index contributed by atoms with van der Waals surface area (Å²) in [5.74, 6) is 0.717. The van der Waals surface area contributed by atoms with Crippen molar-refractivity contribution in [3.05, 3.63) is 58.8 Å². The molecule has 1 amide bonds. The number of carbonyl (C=O) groups is 1. The molecule has 29 heavy (non-hydrogen) atoms. The first-order valence-electron chi connectivity index (χ1n) is 9.39. The lowest BCUT2D eigenvalue weighted by Crippen LogP contribution is -2.53. The minimum absolute atomic E-state index is 0. The fourth-order valence-electron chi connectivity index (χ4n) is 3.15. The second kappa shape index (κ2) is 11.4. The van der Waals surface area contributed by atoms with Crippen LogP contribution in [-0.4, -0.2) is 60.9 Å². The molecule has 1 aromatic heterocycles. The number of amides is 1. The third-order valence-corrected chi connectivity index (χ3v) is 4.97. The van der Waals surface area contributed by atoms with E-state index in [1.54, 1.807) is 29.2 Å². The normalized spacial score (nSPS) is 14.5. The summed E-state index contributed by atoms with van der Waals surface area (Å²) in [6.45, 7) is 5.66. The van der Waals surface area contributed by atoms with E-state index in [9.17, 15) is 9.18 Å². The van der Waals surface area contributed by atoms with Crippen LogP contribution in [0, 0.1) is 5.82 Å². The second-order valence-corrected chi connectivity index (χ2v) is 6.85. The van der Waals surface area contributed by atoms with Gasteiger partial charge in [-0.2, -0.15) is 0 Å². The van der Waals surface area contributed by atoms with Crippen LogP contribution < -0.4 is 5.32 Å². The molecule has 0 spiro atoms. The van der Waals surface area contributed by atoms with Crippen LogP contribution >= 0.6 is 35.6 Å². The van der Waals surface area contributed by atoms with Crippen LogP contribution in [0.5, 0.6) is 0 Å². The van der Waals surface area contributed by atoms with Crippen LogP contribution in [0.15, 0.2) is 46.0 Å². The van der Waals surface area contributed by atoms with Crippen LogP contribution in [0.25, 0.3) is 0 Å². The van der Waals surface area contributed by atoms with E-state index in [0.29, 0.717) is 55.5 Å². The summed E-state index contributed by atoms with van der Waals surface area (Å²) in [5.41, 5.74) is 0.484. The highest BCUT2D eigenvalue weighted by Gasteiger charge is 2.25. The van der Waals surface area contributed by atoms with E-state index in [0.717, 1.165) is 12.5 Å². The predicted molar refractivity (Wildman–Crippen MR) is 123 cm³/mol. The van der Waals surface area contributed by atoms with Gasteiger partial charge in [0.1, 0.15) is 5.82 Å². The molecule has 2 aromatic rings. The molecule has 0 saturated carbocycles. The highest BCUT2D eigenvalue weighted by Crippen LogP contribution is 2.19. The molecule has 158 valence electrons. The number of nitrogens with zero attached hydrogens (tertiary/aromatic N) is 3. The van der Waals surface area contributed by atoms with Crippen LogP contribution in [0.2, 0.25) is 5.02 Å². The van der Waals surface area contributed by atoms with Crippen LogP contribution in [-0.2, 0) is 6.42 Å². The molecule has 1 aromatic carbocycles. The molecule has 1 N–H and O–H groups in total. The number of hydrogen-bond acceptors (Lipinski definition) is 3. The number of aliphatic imine (C=N–C) groups is 1. The average Bonchev–Trinajstić information content (AvgIpc) is 3.24. The van der Waals surface area contributed by atoms with E-state index in [1.807, 2.05) is 6.92 Å². The molecule has 0 unspecified atom stereocenters. The van der Waals surface area contributed by atoms with Gasteiger partial charge in [-0.15, -0.1) is 24.0 Å². The molecule has 0 radical (unpaired) electrons. The Hall–Kier alpha value is -1.81. The number of benzene rings is 1. The first-order chi connectivity index (χ1) is 13.6. The summed E-state index contributed by atoms with van der Waals surface area (Å²) in [5, 5.41) is 3.69. The Kier molecular flexibility index (Phi) is 9.22. The van der Waals surface area contributed by atoms with Gasteiger partial charge in [0.05, 0.1) is 6.26 Å². The number of carbonyl (C=O) groups excluding carboxylic acids is 1. The van der Waals surface area contributed by atoms with Gasteiger partial charge in [0.2, 0.25) is 0 Å². The van der Waals surface area contributed by atoms with Gasteiger partial charge in [-0.3, -0.25) is 9.79 Å².